The van der Waals surface area contributed by atoms with Crippen LogP contribution in [0.25, 0.3) is 0 Å². The number of hydrogen-bond acceptors (Lipinski definition) is 0. The lowest BCUT2D eigenvalue weighted by Crippen LogP contribution is -2.69. The molecule has 0 saturated heterocycles. The minimum atomic E-state index is -0.908. The van der Waals surface area contributed by atoms with Crippen molar-refractivity contribution >= 4 is 15.2 Å². The van der Waals surface area contributed by atoms with Crippen LogP contribution in [-0.2, 0) is 0 Å². The Bertz CT molecular complexity index is 244. The Morgan fingerprint density at radius 3 is 1.00 bits per heavy atom. The lowest BCUT2D eigenvalue weighted by molar-refractivity contribution is 0.392. The van der Waals surface area contributed by atoms with Crippen molar-refractivity contribution in [2.45, 2.75) is 94.1 Å². The van der Waals surface area contributed by atoms with E-state index >= 15 is 0 Å². The van der Waals surface area contributed by atoms with Gasteiger partial charge >= 0.3 is 0 Å². The summed E-state index contributed by atoms with van der Waals surface area (Å²) < 4.78 is 0. The summed E-state index contributed by atoms with van der Waals surface area (Å²) in [6.07, 6.45) is 14.6. The van der Waals surface area contributed by atoms with E-state index in [1.54, 1.807) is 57.8 Å². The second kappa shape index (κ2) is 4.23. The average Bonchev–Trinajstić information content (AvgIpc) is 1.89. The molecular formula is C15H30Si2. The lowest BCUT2D eigenvalue weighted by Gasteiger charge is -2.63. The fourth-order valence-electron chi connectivity index (χ4n) is 5.49. The molecule has 3 rings (SSSR count). The number of rotatable bonds is 4. The largest absolute Gasteiger partial charge is 0.0714 e. The smallest absolute Gasteiger partial charge is 0.0562 e. The molecule has 3 aliphatic carbocycles. The van der Waals surface area contributed by atoms with Crippen LogP contribution in [0.4, 0.5) is 0 Å². The predicted octanol–water partition coefficient (Wildman–Crippen LogP) is 5.51. The molecular weight excluding hydrogens is 236 g/mol. The van der Waals surface area contributed by atoms with E-state index in [-0.39, 0.29) is 0 Å². The molecule has 0 N–H and O–H groups in total. The summed E-state index contributed by atoms with van der Waals surface area (Å²) >= 11 is 0. The SMILES string of the molecule is C[Si](C)(C)[Si](C1CCC1)(C1CCC1)C1CCC1. The second-order valence-corrected chi connectivity index (χ2v) is 24.0. The van der Waals surface area contributed by atoms with Crippen molar-refractivity contribution in [3.8, 4) is 0 Å². The lowest BCUT2D eigenvalue weighted by atomic mass is 9.97. The summed E-state index contributed by atoms with van der Waals surface area (Å²) in [5.41, 5.74) is 3.85. The van der Waals surface area contributed by atoms with Gasteiger partial charge in [-0.1, -0.05) is 77.4 Å². The van der Waals surface area contributed by atoms with Gasteiger partial charge in [0.1, 0.15) is 0 Å². The van der Waals surface area contributed by atoms with E-state index in [9.17, 15) is 0 Å². The first-order chi connectivity index (χ1) is 8.07. The summed E-state index contributed by atoms with van der Waals surface area (Å²) in [5.74, 6) is 0. The van der Waals surface area contributed by atoms with Crippen molar-refractivity contribution in [3.05, 3.63) is 0 Å². The van der Waals surface area contributed by atoms with Gasteiger partial charge in [0, 0.05) is 7.59 Å². The zero-order valence-corrected chi connectivity index (χ0v) is 14.1. The van der Waals surface area contributed by atoms with Crippen LogP contribution in [0.1, 0.15) is 57.8 Å². The van der Waals surface area contributed by atoms with Crippen molar-refractivity contribution < 1.29 is 0 Å². The van der Waals surface area contributed by atoms with Crippen LogP contribution in [0.5, 0.6) is 0 Å². The molecule has 0 aromatic rings. The quantitative estimate of drug-likeness (QED) is 0.588. The molecule has 0 nitrogen and oxygen atoms in total. The molecule has 98 valence electrons. The third-order valence-electron chi connectivity index (χ3n) is 6.64. The van der Waals surface area contributed by atoms with Crippen LogP contribution in [-0.4, -0.2) is 15.2 Å². The zero-order valence-electron chi connectivity index (χ0n) is 12.1. The summed E-state index contributed by atoms with van der Waals surface area (Å²) in [7, 11) is -1.80. The molecule has 0 atom stereocenters. The van der Waals surface area contributed by atoms with Gasteiger partial charge in [-0.2, -0.15) is 0 Å². The second-order valence-electron chi connectivity index (χ2n) is 8.07. The van der Waals surface area contributed by atoms with Gasteiger partial charge in [-0.05, 0) is 16.6 Å². The van der Waals surface area contributed by atoms with Gasteiger partial charge < -0.3 is 0 Å². The van der Waals surface area contributed by atoms with Gasteiger partial charge in [0.05, 0.1) is 7.59 Å². The van der Waals surface area contributed by atoms with Gasteiger partial charge in [0.25, 0.3) is 0 Å². The molecule has 3 aliphatic rings. The highest BCUT2D eigenvalue weighted by atomic mass is 29.3. The molecule has 0 radical (unpaired) electrons. The summed E-state index contributed by atoms with van der Waals surface area (Å²) in [5, 5.41) is 0. The summed E-state index contributed by atoms with van der Waals surface area (Å²) in [4.78, 5) is 0. The Labute approximate surface area is 109 Å². The Morgan fingerprint density at radius 1 is 0.588 bits per heavy atom. The minimum Gasteiger partial charge on any atom is -0.0714 e. The van der Waals surface area contributed by atoms with Crippen molar-refractivity contribution in [3.63, 3.8) is 0 Å². The normalized spacial score (nSPS) is 28.4. The Morgan fingerprint density at radius 2 is 0.882 bits per heavy atom. The van der Waals surface area contributed by atoms with Gasteiger partial charge in [-0.25, -0.2) is 0 Å². The number of hydrogen-bond donors (Lipinski definition) is 0. The molecule has 0 heterocycles. The van der Waals surface area contributed by atoms with E-state index in [1.807, 2.05) is 0 Å². The molecule has 0 bridgehead atoms. The highest BCUT2D eigenvalue weighted by Crippen LogP contribution is 2.64. The molecule has 0 aromatic carbocycles. The fourth-order valence-corrected chi connectivity index (χ4v) is 28.9. The molecule has 17 heavy (non-hydrogen) atoms. The van der Waals surface area contributed by atoms with Crippen molar-refractivity contribution in [1.82, 2.24) is 0 Å². The zero-order chi connectivity index (χ0) is 12.1. The Kier molecular flexibility index (Phi) is 3.10. The first-order valence-electron chi connectivity index (χ1n) is 8.07. The molecule has 3 fully saturated rings. The third kappa shape index (κ3) is 1.66. The van der Waals surface area contributed by atoms with Gasteiger partial charge in [-0.15, -0.1) is 0 Å². The van der Waals surface area contributed by atoms with Crippen molar-refractivity contribution in [2.75, 3.05) is 0 Å². The van der Waals surface area contributed by atoms with E-state index in [2.05, 4.69) is 19.6 Å². The molecule has 2 heteroatoms. The maximum absolute atomic E-state index is 2.76. The Balaban J connectivity index is 1.94. The first-order valence-corrected chi connectivity index (χ1v) is 14.8. The van der Waals surface area contributed by atoms with E-state index < -0.39 is 15.2 Å². The van der Waals surface area contributed by atoms with Crippen molar-refractivity contribution in [1.29, 1.82) is 0 Å². The molecule has 3 saturated carbocycles. The van der Waals surface area contributed by atoms with Gasteiger partial charge in [-0.3, -0.25) is 0 Å². The topological polar surface area (TPSA) is 0 Å². The monoisotopic (exact) mass is 266 g/mol. The third-order valence-corrected chi connectivity index (χ3v) is 26.5. The van der Waals surface area contributed by atoms with Gasteiger partial charge in [0.2, 0.25) is 0 Å². The molecule has 0 spiro atoms. The minimum absolute atomic E-state index is 0.896. The van der Waals surface area contributed by atoms with E-state index in [1.165, 1.54) is 16.6 Å². The van der Waals surface area contributed by atoms with Gasteiger partial charge in [0.15, 0.2) is 0 Å². The summed E-state index contributed by atoms with van der Waals surface area (Å²) in [6.45, 7) is 8.27. The maximum atomic E-state index is 2.76. The van der Waals surface area contributed by atoms with Crippen LogP contribution >= 0.6 is 0 Å². The van der Waals surface area contributed by atoms with Crippen LogP contribution < -0.4 is 0 Å². The molecule has 0 unspecified atom stereocenters. The highest BCUT2D eigenvalue weighted by molar-refractivity contribution is 7.42. The molecule has 0 aromatic heterocycles. The molecule has 0 aliphatic heterocycles. The van der Waals surface area contributed by atoms with Crippen LogP contribution in [0.15, 0.2) is 0 Å². The van der Waals surface area contributed by atoms with E-state index in [4.69, 9.17) is 0 Å². The fraction of sp³-hybridized carbons (Fsp3) is 1.00. The first kappa shape index (κ1) is 12.5. The predicted molar refractivity (Wildman–Crippen MR) is 81.9 cm³/mol. The summed E-state index contributed by atoms with van der Waals surface area (Å²) in [6, 6.07) is 0. The highest BCUT2D eigenvalue weighted by Gasteiger charge is 2.62. The van der Waals surface area contributed by atoms with Crippen LogP contribution in [0, 0.1) is 0 Å². The Hall–Kier alpha value is 0.434. The van der Waals surface area contributed by atoms with Crippen LogP contribution in [0.3, 0.4) is 0 Å². The standard InChI is InChI=1S/C15H30Si2/c1-16(2,3)17(13-7-4-8-13,14-9-5-10-14)15-11-6-12-15/h13-15H,4-12H2,1-3H3. The van der Waals surface area contributed by atoms with E-state index in [0.717, 1.165) is 0 Å². The maximum Gasteiger partial charge on any atom is 0.0562 e. The van der Waals surface area contributed by atoms with E-state index in [0.29, 0.717) is 0 Å². The van der Waals surface area contributed by atoms with Crippen LogP contribution in [0.2, 0.25) is 36.3 Å². The molecule has 0 amide bonds. The average molecular weight is 267 g/mol. The van der Waals surface area contributed by atoms with Crippen molar-refractivity contribution in [2.24, 2.45) is 0 Å².